The molecule has 0 unspecified atom stereocenters. The zero-order chi connectivity index (χ0) is 20.1. The highest BCUT2D eigenvalue weighted by Crippen LogP contribution is 2.66. The fourth-order valence-electron chi connectivity index (χ4n) is 6.41. The lowest BCUT2D eigenvalue weighted by Gasteiger charge is -2.60. The van der Waals surface area contributed by atoms with E-state index in [4.69, 9.17) is 14.2 Å². The molecule has 0 aromatic rings. The van der Waals surface area contributed by atoms with Crippen LogP contribution in [0.25, 0.3) is 0 Å². The van der Waals surface area contributed by atoms with Crippen molar-refractivity contribution >= 4 is 11.9 Å². The van der Waals surface area contributed by atoms with E-state index >= 15 is 0 Å². The van der Waals surface area contributed by atoms with E-state index in [0.29, 0.717) is 0 Å². The Labute approximate surface area is 162 Å². The van der Waals surface area contributed by atoms with Gasteiger partial charge in [0.25, 0.3) is 0 Å². The summed E-state index contributed by atoms with van der Waals surface area (Å²) in [6.07, 6.45) is 7.90. The standard InChI is InChI=1S/C22H34O5/c1-15-8-9-16-20(3,18(24)26-6)10-7-11-21(16,4)22(15)13-12-19(2,27-22)14-17(23)25-5/h8,16H,7,9-14H2,1-6H3/t16-,19+,20+,21-,22+/m0/s1. The van der Waals surface area contributed by atoms with Crippen molar-refractivity contribution < 1.29 is 23.8 Å². The Balaban J connectivity index is 2.01. The second-order valence-electron chi connectivity index (χ2n) is 9.49. The Kier molecular flexibility index (Phi) is 4.99. The first-order chi connectivity index (χ1) is 12.6. The molecule has 0 amide bonds. The second-order valence-corrected chi connectivity index (χ2v) is 9.49. The summed E-state index contributed by atoms with van der Waals surface area (Å²) in [6.45, 7) is 8.51. The number of rotatable bonds is 3. The van der Waals surface area contributed by atoms with Crippen LogP contribution in [-0.4, -0.2) is 37.4 Å². The summed E-state index contributed by atoms with van der Waals surface area (Å²) in [4.78, 5) is 24.7. The van der Waals surface area contributed by atoms with Crippen LogP contribution < -0.4 is 0 Å². The second kappa shape index (κ2) is 6.61. The fourth-order valence-corrected chi connectivity index (χ4v) is 6.41. The van der Waals surface area contributed by atoms with E-state index in [0.717, 1.165) is 38.5 Å². The predicted molar refractivity (Wildman–Crippen MR) is 102 cm³/mol. The van der Waals surface area contributed by atoms with Gasteiger partial charge in [-0.25, -0.2) is 0 Å². The first-order valence-corrected chi connectivity index (χ1v) is 10.1. The van der Waals surface area contributed by atoms with Gasteiger partial charge in [0.15, 0.2) is 0 Å². The van der Waals surface area contributed by atoms with Gasteiger partial charge >= 0.3 is 11.9 Å². The van der Waals surface area contributed by atoms with E-state index < -0.39 is 16.6 Å². The molecule has 27 heavy (non-hydrogen) atoms. The molecular formula is C22H34O5. The van der Waals surface area contributed by atoms with Crippen molar-refractivity contribution in [3.05, 3.63) is 11.6 Å². The summed E-state index contributed by atoms with van der Waals surface area (Å²) in [5.41, 5.74) is -0.401. The smallest absolute Gasteiger partial charge is 0.311 e. The van der Waals surface area contributed by atoms with Gasteiger partial charge < -0.3 is 14.2 Å². The number of hydrogen-bond acceptors (Lipinski definition) is 5. The quantitative estimate of drug-likeness (QED) is 0.544. The number of carbonyl (C=O) groups is 2. The number of hydrogen-bond donors (Lipinski definition) is 0. The van der Waals surface area contributed by atoms with Crippen LogP contribution in [0.5, 0.6) is 0 Å². The minimum Gasteiger partial charge on any atom is -0.469 e. The molecule has 1 heterocycles. The van der Waals surface area contributed by atoms with Gasteiger partial charge in [0.05, 0.1) is 37.3 Å². The normalized spacial score (nSPS) is 43.8. The largest absolute Gasteiger partial charge is 0.469 e. The maximum Gasteiger partial charge on any atom is 0.311 e. The minimum atomic E-state index is -0.536. The Hall–Kier alpha value is -1.36. The van der Waals surface area contributed by atoms with Gasteiger partial charge in [-0.2, -0.15) is 0 Å². The number of carbonyl (C=O) groups excluding carboxylic acids is 2. The predicted octanol–water partition coefficient (Wildman–Crippen LogP) is 4.19. The number of esters is 2. The SMILES string of the molecule is COC(=O)C[C@@]1(C)CC[C@@]2(O1)C(C)=CC[C@H]1[C@](C)(C(=O)OC)CCC[C@@]12C. The lowest BCUT2D eigenvalue weighted by Crippen LogP contribution is -2.61. The molecule has 2 aliphatic carbocycles. The van der Waals surface area contributed by atoms with E-state index in [2.05, 4.69) is 26.8 Å². The van der Waals surface area contributed by atoms with Crippen LogP contribution in [0, 0.1) is 16.7 Å². The van der Waals surface area contributed by atoms with Crippen molar-refractivity contribution in [3.63, 3.8) is 0 Å². The average Bonchev–Trinajstić information content (AvgIpc) is 2.98. The molecule has 1 saturated heterocycles. The Bertz CT molecular complexity index is 670. The molecule has 0 aromatic heterocycles. The summed E-state index contributed by atoms with van der Waals surface area (Å²) in [5.74, 6) is -0.191. The van der Waals surface area contributed by atoms with Crippen molar-refractivity contribution in [2.75, 3.05) is 14.2 Å². The molecule has 0 N–H and O–H groups in total. The van der Waals surface area contributed by atoms with Gasteiger partial charge in [0.2, 0.25) is 0 Å². The highest BCUT2D eigenvalue weighted by molar-refractivity contribution is 5.77. The molecule has 1 aliphatic heterocycles. The molecule has 0 aromatic carbocycles. The van der Waals surface area contributed by atoms with Crippen molar-refractivity contribution in [3.8, 4) is 0 Å². The monoisotopic (exact) mass is 378 g/mol. The molecule has 3 aliphatic rings. The molecule has 1 spiro atoms. The summed E-state index contributed by atoms with van der Waals surface area (Å²) < 4.78 is 16.9. The lowest BCUT2D eigenvalue weighted by atomic mass is 9.46. The van der Waals surface area contributed by atoms with Crippen molar-refractivity contribution in [2.24, 2.45) is 16.7 Å². The number of methoxy groups -OCH3 is 2. The highest BCUT2D eigenvalue weighted by Gasteiger charge is 2.66. The van der Waals surface area contributed by atoms with E-state index in [1.807, 2.05) is 6.92 Å². The zero-order valence-electron chi connectivity index (χ0n) is 17.6. The van der Waals surface area contributed by atoms with Gasteiger partial charge in [0, 0.05) is 5.41 Å². The molecule has 5 heteroatoms. The molecular weight excluding hydrogens is 344 g/mol. The van der Waals surface area contributed by atoms with Crippen LogP contribution >= 0.6 is 0 Å². The van der Waals surface area contributed by atoms with Gasteiger partial charge in [-0.05, 0) is 64.4 Å². The third-order valence-electron chi connectivity index (χ3n) is 7.97. The first kappa shape index (κ1) is 20.4. The Morgan fingerprint density at radius 2 is 1.81 bits per heavy atom. The van der Waals surface area contributed by atoms with E-state index in [1.165, 1.54) is 19.8 Å². The van der Waals surface area contributed by atoms with Crippen LogP contribution in [0.3, 0.4) is 0 Å². The highest BCUT2D eigenvalue weighted by atomic mass is 16.5. The van der Waals surface area contributed by atoms with Crippen LogP contribution in [-0.2, 0) is 23.8 Å². The van der Waals surface area contributed by atoms with Crippen molar-refractivity contribution in [2.45, 2.75) is 83.8 Å². The molecule has 0 bridgehead atoms. The molecule has 152 valence electrons. The first-order valence-electron chi connectivity index (χ1n) is 10.1. The zero-order valence-corrected chi connectivity index (χ0v) is 17.6. The van der Waals surface area contributed by atoms with Gasteiger partial charge in [0.1, 0.15) is 0 Å². The van der Waals surface area contributed by atoms with Gasteiger partial charge in [-0.3, -0.25) is 9.59 Å². The molecule has 5 nitrogen and oxygen atoms in total. The van der Waals surface area contributed by atoms with Crippen molar-refractivity contribution in [1.29, 1.82) is 0 Å². The van der Waals surface area contributed by atoms with E-state index in [-0.39, 0.29) is 29.7 Å². The fraction of sp³-hybridized carbons (Fsp3) is 0.818. The van der Waals surface area contributed by atoms with Crippen LogP contribution in [0.1, 0.15) is 72.6 Å². The van der Waals surface area contributed by atoms with Crippen LogP contribution in [0.2, 0.25) is 0 Å². The summed E-state index contributed by atoms with van der Waals surface area (Å²) in [5, 5.41) is 0. The van der Waals surface area contributed by atoms with E-state index in [9.17, 15) is 9.59 Å². The summed E-state index contributed by atoms with van der Waals surface area (Å²) in [6, 6.07) is 0. The number of allylic oxidation sites excluding steroid dienone is 1. The maximum atomic E-state index is 12.7. The molecule has 2 fully saturated rings. The third-order valence-corrected chi connectivity index (χ3v) is 7.97. The Morgan fingerprint density at radius 1 is 1.11 bits per heavy atom. The molecule has 5 atom stereocenters. The molecule has 3 rings (SSSR count). The van der Waals surface area contributed by atoms with Crippen LogP contribution in [0.4, 0.5) is 0 Å². The van der Waals surface area contributed by atoms with Gasteiger partial charge in [-0.1, -0.05) is 19.4 Å². The topological polar surface area (TPSA) is 61.8 Å². The number of fused-ring (bicyclic) bond motifs is 2. The summed E-state index contributed by atoms with van der Waals surface area (Å²) >= 11 is 0. The minimum absolute atomic E-state index is 0.114. The molecule has 0 radical (unpaired) electrons. The van der Waals surface area contributed by atoms with Crippen molar-refractivity contribution in [1.82, 2.24) is 0 Å². The average molecular weight is 379 g/mol. The lowest BCUT2D eigenvalue weighted by molar-refractivity contribution is -0.203. The number of ether oxygens (including phenoxy) is 3. The third kappa shape index (κ3) is 2.84. The summed E-state index contributed by atoms with van der Waals surface area (Å²) in [7, 11) is 2.90. The van der Waals surface area contributed by atoms with Gasteiger partial charge in [-0.15, -0.1) is 0 Å². The van der Waals surface area contributed by atoms with Crippen LogP contribution in [0.15, 0.2) is 11.6 Å². The maximum absolute atomic E-state index is 12.7. The Morgan fingerprint density at radius 3 is 2.44 bits per heavy atom. The van der Waals surface area contributed by atoms with E-state index in [1.54, 1.807) is 0 Å². The molecule has 1 saturated carbocycles.